The molecule has 0 aliphatic heterocycles. The van der Waals surface area contributed by atoms with E-state index in [-0.39, 0.29) is 5.82 Å². The Labute approximate surface area is 115 Å². The fourth-order valence-electron chi connectivity index (χ4n) is 2.21. The molecule has 0 amide bonds. The summed E-state index contributed by atoms with van der Waals surface area (Å²) in [5.41, 5.74) is 8.52. The molecule has 2 heterocycles. The summed E-state index contributed by atoms with van der Waals surface area (Å²) < 4.78 is 17.3. The number of rotatable bonds is 2. The Bertz CT molecular complexity index is 772. The van der Waals surface area contributed by atoms with Gasteiger partial charge in [-0.25, -0.2) is 4.39 Å². The van der Waals surface area contributed by atoms with Crippen LogP contribution in [0.2, 0.25) is 0 Å². The Kier molecular flexibility index (Phi) is 2.78. The number of nitrogens with zero attached hydrogens (tertiary/aromatic N) is 4. The van der Waals surface area contributed by atoms with Gasteiger partial charge >= 0.3 is 0 Å². The van der Waals surface area contributed by atoms with Gasteiger partial charge in [0.1, 0.15) is 17.3 Å². The summed E-state index contributed by atoms with van der Waals surface area (Å²) in [6.45, 7) is 0. The third kappa shape index (κ3) is 1.85. The largest absolute Gasteiger partial charge is 0.383 e. The van der Waals surface area contributed by atoms with Crippen molar-refractivity contribution >= 4 is 5.82 Å². The summed E-state index contributed by atoms with van der Waals surface area (Å²) in [6.07, 6.45) is 3.51. The van der Waals surface area contributed by atoms with Gasteiger partial charge in [0.2, 0.25) is 0 Å². The van der Waals surface area contributed by atoms with Crippen molar-refractivity contribution < 1.29 is 4.39 Å². The first-order valence-corrected chi connectivity index (χ1v) is 6.14. The smallest absolute Gasteiger partial charge is 0.131 e. The van der Waals surface area contributed by atoms with Crippen LogP contribution in [-0.2, 0) is 14.1 Å². The number of nitrogens with two attached hydrogens (primary N) is 1. The molecule has 102 valence electrons. The minimum atomic E-state index is -0.322. The van der Waals surface area contributed by atoms with Crippen molar-refractivity contribution in [2.45, 2.75) is 0 Å². The van der Waals surface area contributed by atoms with Gasteiger partial charge in [-0.3, -0.25) is 9.36 Å². The van der Waals surface area contributed by atoms with Crippen LogP contribution in [-0.4, -0.2) is 19.6 Å². The number of hydrogen-bond donors (Lipinski definition) is 1. The first-order valence-electron chi connectivity index (χ1n) is 6.14. The van der Waals surface area contributed by atoms with E-state index in [9.17, 15) is 4.39 Å². The molecule has 0 aliphatic rings. The lowest BCUT2D eigenvalue weighted by Gasteiger charge is -2.04. The first kappa shape index (κ1) is 12.4. The molecule has 3 rings (SSSR count). The van der Waals surface area contributed by atoms with Crippen LogP contribution in [0, 0.1) is 5.82 Å². The van der Waals surface area contributed by atoms with Crippen LogP contribution < -0.4 is 5.73 Å². The lowest BCUT2D eigenvalue weighted by molar-refractivity contribution is 0.631. The second-order valence-electron chi connectivity index (χ2n) is 4.61. The van der Waals surface area contributed by atoms with E-state index < -0.39 is 0 Å². The van der Waals surface area contributed by atoms with Crippen LogP contribution in [0.5, 0.6) is 0 Å². The number of hydrogen-bond acceptors (Lipinski definition) is 3. The molecule has 6 heteroatoms. The Morgan fingerprint density at radius 2 is 1.95 bits per heavy atom. The zero-order valence-electron chi connectivity index (χ0n) is 11.2. The van der Waals surface area contributed by atoms with Gasteiger partial charge in [-0.1, -0.05) is 18.2 Å². The highest BCUT2D eigenvalue weighted by Gasteiger charge is 2.20. The SMILES string of the molecule is Cn1cc(-c2nn(C)c(N)c2-c2ccccc2F)cn1. The zero-order valence-corrected chi connectivity index (χ0v) is 11.2. The number of benzene rings is 1. The standard InChI is InChI=1S/C14H14FN5/c1-19-8-9(7-17-19)13-12(14(16)20(2)18-13)10-5-3-4-6-11(10)15/h3-8H,16H2,1-2H3. The maximum absolute atomic E-state index is 14.1. The third-order valence-corrected chi connectivity index (χ3v) is 3.21. The highest BCUT2D eigenvalue weighted by Crippen LogP contribution is 2.36. The number of aryl methyl sites for hydroxylation is 2. The zero-order chi connectivity index (χ0) is 14.3. The Hall–Kier alpha value is -2.63. The number of anilines is 1. The topological polar surface area (TPSA) is 61.7 Å². The summed E-state index contributed by atoms with van der Waals surface area (Å²) in [5.74, 6) is 0.103. The van der Waals surface area contributed by atoms with Crippen molar-refractivity contribution in [2.24, 2.45) is 14.1 Å². The lowest BCUT2D eigenvalue weighted by atomic mass is 10.0. The molecule has 5 nitrogen and oxygen atoms in total. The van der Waals surface area contributed by atoms with Crippen molar-refractivity contribution in [1.29, 1.82) is 0 Å². The van der Waals surface area contributed by atoms with Gasteiger partial charge in [0.25, 0.3) is 0 Å². The molecule has 0 fully saturated rings. The number of aromatic nitrogens is 4. The molecule has 2 N–H and O–H groups in total. The maximum Gasteiger partial charge on any atom is 0.131 e. The summed E-state index contributed by atoms with van der Waals surface area (Å²) in [5, 5.41) is 8.50. The van der Waals surface area contributed by atoms with Crippen molar-refractivity contribution in [3.63, 3.8) is 0 Å². The van der Waals surface area contributed by atoms with Crippen LogP contribution in [0.15, 0.2) is 36.7 Å². The molecule has 0 unspecified atom stereocenters. The normalized spacial score (nSPS) is 10.9. The van der Waals surface area contributed by atoms with E-state index in [1.165, 1.54) is 6.07 Å². The molecule has 3 aromatic rings. The van der Waals surface area contributed by atoms with Crippen LogP contribution in [0.4, 0.5) is 10.2 Å². The van der Waals surface area contributed by atoms with E-state index in [1.807, 2.05) is 13.2 Å². The quantitative estimate of drug-likeness (QED) is 0.777. The van der Waals surface area contributed by atoms with Crippen molar-refractivity contribution in [3.05, 3.63) is 42.5 Å². The van der Waals surface area contributed by atoms with Crippen molar-refractivity contribution in [3.8, 4) is 22.4 Å². The van der Waals surface area contributed by atoms with E-state index in [1.54, 1.807) is 40.8 Å². The molecule has 0 radical (unpaired) electrons. The van der Waals surface area contributed by atoms with Crippen molar-refractivity contribution in [1.82, 2.24) is 19.6 Å². The second-order valence-corrected chi connectivity index (χ2v) is 4.61. The Morgan fingerprint density at radius 3 is 2.60 bits per heavy atom. The molecule has 1 aromatic carbocycles. The Morgan fingerprint density at radius 1 is 1.20 bits per heavy atom. The van der Waals surface area contributed by atoms with Gasteiger partial charge in [0, 0.05) is 31.4 Å². The van der Waals surface area contributed by atoms with Crippen molar-refractivity contribution in [2.75, 3.05) is 5.73 Å². The molecular formula is C14H14FN5. The van der Waals surface area contributed by atoms with E-state index in [2.05, 4.69) is 10.2 Å². The molecule has 0 saturated carbocycles. The molecule has 0 aliphatic carbocycles. The number of halogens is 1. The van der Waals surface area contributed by atoms with Gasteiger partial charge < -0.3 is 5.73 Å². The fraction of sp³-hybridized carbons (Fsp3) is 0.143. The minimum absolute atomic E-state index is 0.322. The van der Waals surface area contributed by atoms with Crippen LogP contribution >= 0.6 is 0 Å². The molecule has 2 aromatic heterocycles. The average Bonchev–Trinajstić information content (AvgIpc) is 2.96. The number of nitrogen functional groups attached to an aromatic ring is 1. The summed E-state index contributed by atoms with van der Waals surface area (Å²) >= 11 is 0. The molecule has 0 bridgehead atoms. The van der Waals surface area contributed by atoms with E-state index in [0.29, 0.717) is 22.6 Å². The summed E-state index contributed by atoms with van der Waals surface area (Å²) in [4.78, 5) is 0. The minimum Gasteiger partial charge on any atom is -0.383 e. The summed E-state index contributed by atoms with van der Waals surface area (Å²) in [6, 6.07) is 6.53. The molecule has 20 heavy (non-hydrogen) atoms. The van der Waals surface area contributed by atoms with E-state index in [0.717, 1.165) is 5.56 Å². The van der Waals surface area contributed by atoms with Gasteiger partial charge in [-0.15, -0.1) is 0 Å². The molecular weight excluding hydrogens is 257 g/mol. The van der Waals surface area contributed by atoms with Crippen LogP contribution in [0.3, 0.4) is 0 Å². The third-order valence-electron chi connectivity index (χ3n) is 3.21. The summed E-state index contributed by atoms with van der Waals surface area (Å²) in [7, 11) is 3.55. The van der Waals surface area contributed by atoms with E-state index >= 15 is 0 Å². The monoisotopic (exact) mass is 271 g/mol. The lowest BCUT2D eigenvalue weighted by Crippen LogP contribution is -1.98. The molecule has 0 spiro atoms. The first-order chi connectivity index (χ1) is 9.58. The fourth-order valence-corrected chi connectivity index (χ4v) is 2.21. The average molecular weight is 271 g/mol. The van der Waals surface area contributed by atoms with Crippen LogP contribution in [0.1, 0.15) is 0 Å². The van der Waals surface area contributed by atoms with E-state index in [4.69, 9.17) is 5.73 Å². The van der Waals surface area contributed by atoms with Gasteiger partial charge in [-0.05, 0) is 6.07 Å². The predicted molar refractivity (Wildman–Crippen MR) is 75.2 cm³/mol. The van der Waals surface area contributed by atoms with Crippen LogP contribution in [0.25, 0.3) is 22.4 Å². The maximum atomic E-state index is 14.1. The van der Waals surface area contributed by atoms with Gasteiger partial charge in [-0.2, -0.15) is 10.2 Å². The van der Waals surface area contributed by atoms with Gasteiger partial charge in [0.15, 0.2) is 0 Å². The molecule has 0 saturated heterocycles. The highest BCUT2D eigenvalue weighted by molar-refractivity contribution is 5.87. The van der Waals surface area contributed by atoms with Gasteiger partial charge in [0.05, 0.1) is 11.8 Å². The predicted octanol–water partition coefficient (Wildman–Crippen LogP) is 2.21. The Balaban J connectivity index is 2.28. The second kappa shape index (κ2) is 4.48. The molecule has 0 atom stereocenters. The highest BCUT2D eigenvalue weighted by atomic mass is 19.1.